The van der Waals surface area contributed by atoms with Gasteiger partial charge in [0.25, 0.3) is 5.91 Å². The lowest BCUT2D eigenvalue weighted by Gasteiger charge is -2.26. The van der Waals surface area contributed by atoms with E-state index in [1.165, 1.54) is 20.3 Å². The number of morpholine rings is 1. The first kappa shape index (κ1) is 22.0. The molecule has 0 bridgehead atoms. The minimum absolute atomic E-state index is 0.0451. The second kappa shape index (κ2) is 9.41. The number of carbonyl (C=O) groups is 1. The molecule has 2 aromatic carbocycles. The van der Waals surface area contributed by atoms with E-state index in [1.54, 1.807) is 18.2 Å². The Hall–Kier alpha value is -2.69. The Morgan fingerprint density at radius 1 is 1.10 bits per heavy atom. The van der Waals surface area contributed by atoms with Crippen LogP contribution in [0.1, 0.15) is 15.9 Å². The van der Waals surface area contributed by atoms with E-state index in [-0.39, 0.29) is 38.4 Å². The summed E-state index contributed by atoms with van der Waals surface area (Å²) in [5.41, 5.74) is 0.799. The smallest absolute Gasteiger partial charge is 0.251 e. The second-order valence-corrected chi connectivity index (χ2v) is 8.44. The third-order valence-electron chi connectivity index (χ3n) is 4.68. The molecule has 1 saturated heterocycles. The number of hydrogen-bond donors (Lipinski definition) is 1. The summed E-state index contributed by atoms with van der Waals surface area (Å²) in [4.78, 5) is 12.0. The molecule has 8 nitrogen and oxygen atoms in total. The van der Waals surface area contributed by atoms with Gasteiger partial charge in [-0.3, -0.25) is 4.79 Å². The van der Waals surface area contributed by atoms with Crippen LogP contribution in [0, 0.1) is 5.82 Å². The van der Waals surface area contributed by atoms with Gasteiger partial charge < -0.3 is 19.5 Å². The number of methoxy groups -OCH3 is 2. The normalized spacial score (nSPS) is 14.9. The first-order valence-corrected chi connectivity index (χ1v) is 10.7. The summed E-state index contributed by atoms with van der Waals surface area (Å²) in [6.45, 7) is 0.926. The Kier molecular flexibility index (Phi) is 6.91. The highest BCUT2D eigenvalue weighted by Gasteiger charge is 2.29. The minimum Gasteiger partial charge on any atom is -0.493 e. The molecule has 1 fully saturated rings. The largest absolute Gasteiger partial charge is 0.493 e. The maximum absolute atomic E-state index is 14.3. The summed E-state index contributed by atoms with van der Waals surface area (Å²) in [7, 11) is -1.03. The van der Waals surface area contributed by atoms with E-state index in [9.17, 15) is 17.6 Å². The lowest BCUT2D eigenvalue weighted by molar-refractivity contribution is 0.0729. The van der Waals surface area contributed by atoms with Gasteiger partial charge in [-0.2, -0.15) is 4.31 Å². The molecular formula is C20H23FN2O6S. The zero-order chi connectivity index (χ0) is 21.7. The standard InChI is InChI=1S/C20H23FN2O6S/c1-27-17-6-3-14(11-18(17)28-2)13-22-20(24)15-4-5-16(21)19(12-15)30(25,26)23-7-9-29-10-8-23/h3-6,11-12H,7-10,13H2,1-2H3,(H,22,24). The van der Waals surface area contributed by atoms with Crippen LogP contribution in [0.2, 0.25) is 0 Å². The molecule has 1 heterocycles. The van der Waals surface area contributed by atoms with Gasteiger partial charge in [0.15, 0.2) is 11.5 Å². The molecule has 1 aliphatic rings. The first-order valence-electron chi connectivity index (χ1n) is 9.23. The molecule has 1 amide bonds. The van der Waals surface area contributed by atoms with Crippen molar-refractivity contribution in [3.8, 4) is 11.5 Å². The zero-order valence-corrected chi connectivity index (χ0v) is 17.5. The number of hydrogen-bond acceptors (Lipinski definition) is 6. The molecule has 1 N–H and O–H groups in total. The van der Waals surface area contributed by atoms with Crippen molar-refractivity contribution in [3.05, 3.63) is 53.3 Å². The lowest BCUT2D eigenvalue weighted by atomic mass is 10.1. The van der Waals surface area contributed by atoms with E-state index < -0.39 is 26.6 Å². The number of ether oxygens (including phenoxy) is 3. The molecule has 0 radical (unpaired) electrons. The molecule has 2 aromatic rings. The Morgan fingerprint density at radius 3 is 2.47 bits per heavy atom. The summed E-state index contributed by atoms with van der Waals surface area (Å²) in [6.07, 6.45) is 0. The van der Waals surface area contributed by atoms with Crippen LogP contribution in [0.5, 0.6) is 11.5 Å². The third kappa shape index (κ3) is 4.72. The van der Waals surface area contributed by atoms with Crippen LogP contribution in [0.4, 0.5) is 4.39 Å². The van der Waals surface area contributed by atoms with Gasteiger partial charge in [0, 0.05) is 25.2 Å². The molecule has 10 heteroatoms. The Bertz CT molecular complexity index is 1020. The average Bonchev–Trinajstić information content (AvgIpc) is 2.77. The number of sulfonamides is 1. The molecule has 0 atom stereocenters. The summed E-state index contributed by atoms with van der Waals surface area (Å²) in [6, 6.07) is 8.49. The van der Waals surface area contributed by atoms with Crippen LogP contribution in [0.25, 0.3) is 0 Å². The number of nitrogens with one attached hydrogen (secondary N) is 1. The van der Waals surface area contributed by atoms with E-state index in [2.05, 4.69) is 5.32 Å². The SMILES string of the molecule is COc1ccc(CNC(=O)c2ccc(F)c(S(=O)(=O)N3CCOCC3)c2)cc1OC. The van der Waals surface area contributed by atoms with E-state index >= 15 is 0 Å². The van der Waals surface area contributed by atoms with Crippen LogP contribution in [0.15, 0.2) is 41.3 Å². The Labute approximate surface area is 174 Å². The van der Waals surface area contributed by atoms with Gasteiger partial charge in [0.2, 0.25) is 10.0 Å². The van der Waals surface area contributed by atoms with Crippen molar-refractivity contribution in [1.29, 1.82) is 0 Å². The molecule has 0 unspecified atom stereocenters. The Morgan fingerprint density at radius 2 is 1.80 bits per heavy atom. The summed E-state index contributed by atoms with van der Waals surface area (Å²) >= 11 is 0. The molecule has 1 aliphatic heterocycles. The van der Waals surface area contributed by atoms with Crippen LogP contribution in [-0.4, -0.2) is 59.2 Å². The third-order valence-corrected chi connectivity index (χ3v) is 6.60. The molecule has 0 aromatic heterocycles. The van der Waals surface area contributed by atoms with Crippen LogP contribution < -0.4 is 14.8 Å². The maximum atomic E-state index is 14.3. The van der Waals surface area contributed by atoms with E-state index in [0.717, 1.165) is 22.0 Å². The van der Waals surface area contributed by atoms with Crippen molar-refractivity contribution in [2.45, 2.75) is 11.4 Å². The number of halogens is 1. The molecule has 30 heavy (non-hydrogen) atoms. The van der Waals surface area contributed by atoms with Gasteiger partial charge >= 0.3 is 0 Å². The van der Waals surface area contributed by atoms with Gasteiger partial charge in [0.05, 0.1) is 27.4 Å². The lowest BCUT2D eigenvalue weighted by Crippen LogP contribution is -2.41. The molecule has 0 aliphatic carbocycles. The maximum Gasteiger partial charge on any atom is 0.251 e. The summed E-state index contributed by atoms with van der Waals surface area (Å²) in [5.74, 6) is -0.352. The first-order chi connectivity index (χ1) is 14.4. The quantitative estimate of drug-likeness (QED) is 0.709. The number of rotatable bonds is 7. The number of benzene rings is 2. The topological polar surface area (TPSA) is 94.2 Å². The van der Waals surface area contributed by atoms with E-state index in [0.29, 0.717) is 11.5 Å². The molecular weight excluding hydrogens is 415 g/mol. The van der Waals surface area contributed by atoms with Gasteiger partial charge in [-0.15, -0.1) is 0 Å². The fraction of sp³-hybridized carbons (Fsp3) is 0.350. The van der Waals surface area contributed by atoms with Crippen LogP contribution in [-0.2, 0) is 21.3 Å². The van der Waals surface area contributed by atoms with Crippen molar-refractivity contribution in [2.24, 2.45) is 0 Å². The van der Waals surface area contributed by atoms with Crippen molar-refractivity contribution in [2.75, 3.05) is 40.5 Å². The predicted molar refractivity (Wildman–Crippen MR) is 107 cm³/mol. The van der Waals surface area contributed by atoms with Gasteiger partial charge in [0.1, 0.15) is 10.7 Å². The molecule has 162 valence electrons. The highest BCUT2D eigenvalue weighted by Crippen LogP contribution is 2.27. The summed E-state index contributed by atoms with van der Waals surface area (Å²) < 4.78 is 56.5. The number of amides is 1. The fourth-order valence-electron chi connectivity index (χ4n) is 3.04. The number of nitrogens with zero attached hydrogens (tertiary/aromatic N) is 1. The molecule has 0 spiro atoms. The van der Waals surface area contributed by atoms with Gasteiger partial charge in [-0.25, -0.2) is 12.8 Å². The number of carbonyl (C=O) groups excluding carboxylic acids is 1. The molecule has 3 rings (SSSR count). The minimum atomic E-state index is -4.06. The van der Waals surface area contributed by atoms with Crippen LogP contribution >= 0.6 is 0 Å². The monoisotopic (exact) mass is 438 g/mol. The zero-order valence-electron chi connectivity index (χ0n) is 16.7. The predicted octanol–water partition coefficient (Wildman–Crippen LogP) is 1.79. The van der Waals surface area contributed by atoms with Crippen molar-refractivity contribution in [1.82, 2.24) is 9.62 Å². The molecule has 0 saturated carbocycles. The second-order valence-electron chi connectivity index (χ2n) is 6.53. The summed E-state index contributed by atoms with van der Waals surface area (Å²) in [5, 5.41) is 2.70. The van der Waals surface area contributed by atoms with Crippen molar-refractivity contribution < 1.29 is 31.8 Å². The van der Waals surface area contributed by atoms with Gasteiger partial charge in [-0.1, -0.05) is 6.07 Å². The van der Waals surface area contributed by atoms with Crippen molar-refractivity contribution in [3.63, 3.8) is 0 Å². The Balaban J connectivity index is 1.76. The van der Waals surface area contributed by atoms with Crippen LogP contribution in [0.3, 0.4) is 0 Å². The van der Waals surface area contributed by atoms with E-state index in [1.807, 2.05) is 0 Å². The fourth-order valence-corrected chi connectivity index (χ4v) is 4.54. The van der Waals surface area contributed by atoms with Gasteiger partial charge in [-0.05, 0) is 35.9 Å². The average molecular weight is 438 g/mol. The highest BCUT2D eigenvalue weighted by atomic mass is 32.2. The van der Waals surface area contributed by atoms with E-state index in [4.69, 9.17) is 14.2 Å². The highest BCUT2D eigenvalue weighted by molar-refractivity contribution is 7.89. The van der Waals surface area contributed by atoms with Crippen molar-refractivity contribution >= 4 is 15.9 Å².